The molecule has 1 aliphatic carbocycles. The normalized spacial score (nSPS) is 13.6. The van der Waals surface area contributed by atoms with Crippen LogP contribution in [0.25, 0.3) is 11.1 Å². The predicted octanol–water partition coefficient (Wildman–Crippen LogP) is 5.49. The van der Waals surface area contributed by atoms with Crippen molar-refractivity contribution in [3.63, 3.8) is 0 Å². The number of benzene rings is 4. The van der Waals surface area contributed by atoms with Crippen molar-refractivity contribution >= 4 is 0 Å². The SMILES string of the molecule is Cc1cc(C2(c3cc(C)c(O)c(O)c3)c3ccccc3-c3ccccc32)cc(O)c1O. The lowest BCUT2D eigenvalue weighted by Gasteiger charge is -2.34. The van der Waals surface area contributed by atoms with Gasteiger partial charge in [-0.2, -0.15) is 0 Å². The third-order valence-electron chi connectivity index (χ3n) is 6.38. The van der Waals surface area contributed by atoms with Crippen LogP contribution in [0.3, 0.4) is 0 Å². The summed E-state index contributed by atoms with van der Waals surface area (Å²) in [5.41, 5.74) is 5.92. The zero-order chi connectivity index (χ0) is 21.9. The lowest BCUT2D eigenvalue weighted by atomic mass is 9.67. The average molecular weight is 410 g/mol. The zero-order valence-electron chi connectivity index (χ0n) is 17.2. The Morgan fingerprint density at radius 2 is 0.935 bits per heavy atom. The fourth-order valence-corrected chi connectivity index (χ4v) is 4.98. The van der Waals surface area contributed by atoms with Crippen molar-refractivity contribution in [1.82, 2.24) is 0 Å². The van der Waals surface area contributed by atoms with Crippen LogP contribution in [0.15, 0.2) is 72.8 Å². The minimum absolute atomic E-state index is 0.150. The van der Waals surface area contributed by atoms with Gasteiger partial charge < -0.3 is 20.4 Å². The van der Waals surface area contributed by atoms with Crippen LogP contribution < -0.4 is 0 Å². The molecule has 0 spiro atoms. The molecule has 0 aromatic heterocycles. The second kappa shape index (κ2) is 6.54. The van der Waals surface area contributed by atoms with Crippen molar-refractivity contribution in [2.24, 2.45) is 0 Å². The highest BCUT2D eigenvalue weighted by Gasteiger charge is 2.46. The molecule has 0 atom stereocenters. The Hall–Kier alpha value is -3.92. The summed E-state index contributed by atoms with van der Waals surface area (Å²) in [6, 6.07) is 23.1. The molecule has 4 aromatic carbocycles. The Bertz CT molecular complexity index is 1200. The molecule has 4 N–H and O–H groups in total. The van der Waals surface area contributed by atoms with E-state index in [0.717, 1.165) is 33.4 Å². The first-order valence-corrected chi connectivity index (χ1v) is 10.1. The summed E-state index contributed by atoms with van der Waals surface area (Å²) in [4.78, 5) is 0. The molecule has 4 heteroatoms. The molecule has 4 aromatic rings. The van der Waals surface area contributed by atoms with Gasteiger partial charge in [0.25, 0.3) is 0 Å². The fourth-order valence-electron chi connectivity index (χ4n) is 4.98. The Kier molecular flexibility index (Phi) is 4.02. The third-order valence-corrected chi connectivity index (χ3v) is 6.38. The molecule has 0 saturated carbocycles. The van der Waals surface area contributed by atoms with Gasteiger partial charge in [0.05, 0.1) is 5.41 Å². The number of fused-ring (bicyclic) bond motifs is 3. The Labute approximate surface area is 180 Å². The Balaban J connectivity index is 2.00. The van der Waals surface area contributed by atoms with Crippen molar-refractivity contribution < 1.29 is 20.4 Å². The van der Waals surface area contributed by atoms with E-state index in [0.29, 0.717) is 11.1 Å². The van der Waals surface area contributed by atoms with Gasteiger partial charge in [-0.05, 0) is 70.5 Å². The van der Waals surface area contributed by atoms with Crippen LogP contribution >= 0.6 is 0 Å². The molecule has 154 valence electrons. The van der Waals surface area contributed by atoms with E-state index in [1.165, 1.54) is 0 Å². The van der Waals surface area contributed by atoms with Crippen LogP contribution in [0.4, 0.5) is 0 Å². The molecular formula is C27H22O4. The number of hydrogen-bond donors (Lipinski definition) is 4. The summed E-state index contributed by atoms with van der Waals surface area (Å²) >= 11 is 0. The first-order chi connectivity index (χ1) is 14.9. The van der Waals surface area contributed by atoms with Crippen molar-refractivity contribution in [3.05, 3.63) is 106 Å². The van der Waals surface area contributed by atoms with Gasteiger partial charge in [-0.3, -0.25) is 0 Å². The number of rotatable bonds is 2. The van der Waals surface area contributed by atoms with Gasteiger partial charge in [0.15, 0.2) is 23.0 Å². The molecule has 0 aliphatic heterocycles. The number of aromatic hydroxyl groups is 4. The van der Waals surface area contributed by atoms with Crippen molar-refractivity contribution in [2.75, 3.05) is 0 Å². The maximum atomic E-state index is 10.5. The van der Waals surface area contributed by atoms with Crippen molar-refractivity contribution in [2.45, 2.75) is 19.3 Å². The van der Waals surface area contributed by atoms with Crippen LogP contribution in [0.2, 0.25) is 0 Å². The minimum atomic E-state index is -0.848. The lowest BCUT2D eigenvalue weighted by molar-refractivity contribution is 0.398. The van der Waals surface area contributed by atoms with Gasteiger partial charge >= 0.3 is 0 Å². The zero-order valence-corrected chi connectivity index (χ0v) is 17.2. The summed E-state index contributed by atoms with van der Waals surface area (Å²) in [5.74, 6) is -0.696. The Morgan fingerprint density at radius 3 is 1.32 bits per heavy atom. The maximum Gasteiger partial charge on any atom is 0.160 e. The van der Waals surface area contributed by atoms with E-state index >= 15 is 0 Å². The van der Waals surface area contributed by atoms with Crippen LogP contribution in [0, 0.1) is 13.8 Å². The number of phenols is 4. The van der Waals surface area contributed by atoms with E-state index in [9.17, 15) is 20.4 Å². The van der Waals surface area contributed by atoms with E-state index < -0.39 is 5.41 Å². The van der Waals surface area contributed by atoms with E-state index in [2.05, 4.69) is 12.1 Å². The molecule has 0 unspecified atom stereocenters. The molecule has 5 rings (SSSR count). The second-order valence-electron chi connectivity index (χ2n) is 8.16. The van der Waals surface area contributed by atoms with E-state index in [4.69, 9.17) is 0 Å². The third kappa shape index (κ3) is 2.48. The molecule has 0 saturated heterocycles. The van der Waals surface area contributed by atoms with Crippen LogP contribution in [-0.2, 0) is 5.41 Å². The van der Waals surface area contributed by atoms with Gasteiger partial charge in [-0.25, -0.2) is 0 Å². The summed E-state index contributed by atoms with van der Waals surface area (Å²) in [5, 5.41) is 41.5. The highest BCUT2D eigenvalue weighted by atomic mass is 16.3. The molecule has 0 bridgehead atoms. The highest BCUT2D eigenvalue weighted by molar-refractivity contribution is 5.86. The van der Waals surface area contributed by atoms with Crippen molar-refractivity contribution in [1.29, 1.82) is 0 Å². The highest BCUT2D eigenvalue weighted by Crippen LogP contribution is 2.57. The molecule has 1 aliphatic rings. The lowest BCUT2D eigenvalue weighted by Crippen LogP contribution is -2.28. The van der Waals surface area contributed by atoms with Crippen molar-refractivity contribution in [3.8, 4) is 34.1 Å². The van der Waals surface area contributed by atoms with Crippen LogP contribution in [0.1, 0.15) is 33.4 Å². The van der Waals surface area contributed by atoms with Gasteiger partial charge in [0, 0.05) is 0 Å². The molecule has 4 nitrogen and oxygen atoms in total. The largest absolute Gasteiger partial charge is 0.504 e. The summed E-state index contributed by atoms with van der Waals surface area (Å²) in [6.07, 6.45) is 0. The topological polar surface area (TPSA) is 80.9 Å². The van der Waals surface area contributed by atoms with Gasteiger partial charge in [0.2, 0.25) is 0 Å². The summed E-state index contributed by atoms with van der Waals surface area (Å²) in [6.45, 7) is 3.50. The van der Waals surface area contributed by atoms with Crippen LogP contribution in [0.5, 0.6) is 23.0 Å². The molecule has 0 radical (unpaired) electrons. The van der Waals surface area contributed by atoms with E-state index in [1.807, 2.05) is 48.5 Å². The Morgan fingerprint density at radius 1 is 0.548 bits per heavy atom. The second-order valence-corrected chi connectivity index (χ2v) is 8.16. The fraction of sp³-hybridized carbons (Fsp3) is 0.111. The molecule has 0 amide bonds. The number of aryl methyl sites for hydroxylation is 2. The molecule has 31 heavy (non-hydrogen) atoms. The van der Waals surface area contributed by atoms with Crippen LogP contribution in [-0.4, -0.2) is 20.4 Å². The average Bonchev–Trinajstić information content (AvgIpc) is 3.06. The molecule has 0 heterocycles. The molecule has 0 fully saturated rings. The van der Waals surface area contributed by atoms with E-state index in [-0.39, 0.29) is 23.0 Å². The monoisotopic (exact) mass is 410 g/mol. The molecular weight excluding hydrogens is 388 g/mol. The van der Waals surface area contributed by atoms with Gasteiger partial charge in [-0.15, -0.1) is 0 Å². The quantitative estimate of drug-likeness (QED) is 0.290. The maximum absolute atomic E-state index is 10.5. The first-order valence-electron chi connectivity index (χ1n) is 10.1. The first kappa shape index (κ1) is 19.1. The van der Waals surface area contributed by atoms with E-state index in [1.54, 1.807) is 26.0 Å². The number of hydrogen-bond acceptors (Lipinski definition) is 4. The standard InChI is InChI=1S/C27H22O4/c1-15-11-17(13-23(28)25(15)30)27(18-12-16(2)26(31)24(29)14-18)21-9-5-3-7-19(21)20-8-4-6-10-22(20)27/h3-14,28-31H,1-2H3. The summed E-state index contributed by atoms with van der Waals surface area (Å²) in [7, 11) is 0. The van der Waals surface area contributed by atoms with Gasteiger partial charge in [-0.1, -0.05) is 60.7 Å². The predicted molar refractivity (Wildman–Crippen MR) is 120 cm³/mol. The minimum Gasteiger partial charge on any atom is -0.504 e. The number of phenolic OH excluding ortho intramolecular Hbond substituents is 4. The van der Waals surface area contributed by atoms with Gasteiger partial charge in [0.1, 0.15) is 0 Å². The smallest absolute Gasteiger partial charge is 0.160 e. The summed E-state index contributed by atoms with van der Waals surface area (Å²) < 4.78 is 0.